The van der Waals surface area contributed by atoms with Gasteiger partial charge in [-0.1, -0.05) is 30.3 Å². The molecule has 2 N–H and O–H groups in total. The van der Waals surface area contributed by atoms with Crippen molar-refractivity contribution in [1.82, 2.24) is 24.7 Å². The quantitative estimate of drug-likeness (QED) is 0.429. The predicted molar refractivity (Wildman–Crippen MR) is 121 cm³/mol. The van der Waals surface area contributed by atoms with Crippen LogP contribution in [0.5, 0.6) is 17.2 Å². The van der Waals surface area contributed by atoms with Gasteiger partial charge in [0.15, 0.2) is 11.5 Å². The van der Waals surface area contributed by atoms with E-state index in [9.17, 15) is 0 Å². The van der Waals surface area contributed by atoms with Crippen molar-refractivity contribution >= 4 is 23.4 Å². The molecule has 164 valence electrons. The molecular weight excluding hydrogens is 410 g/mol. The van der Waals surface area contributed by atoms with Gasteiger partial charge in [-0.2, -0.15) is 10.1 Å². The van der Waals surface area contributed by atoms with Crippen LogP contribution in [0.3, 0.4) is 0 Å². The fraction of sp³-hybridized carbons (Fsp3) is 0.182. The molecular formula is C22H23N7O3. The molecule has 2 heterocycles. The number of hydrogen-bond donors (Lipinski definition) is 2. The summed E-state index contributed by atoms with van der Waals surface area (Å²) in [5, 5.41) is 10.9. The highest BCUT2D eigenvalue weighted by atomic mass is 16.5. The molecule has 0 bridgehead atoms. The van der Waals surface area contributed by atoms with Gasteiger partial charge >= 0.3 is 0 Å². The number of hydrogen-bond acceptors (Lipinski definition) is 9. The Bertz CT molecular complexity index is 1190. The second kappa shape index (κ2) is 9.21. The van der Waals surface area contributed by atoms with Crippen LogP contribution in [0.2, 0.25) is 0 Å². The molecule has 0 aliphatic rings. The topological polar surface area (TPSA) is 108 Å². The molecule has 0 fully saturated rings. The molecule has 2 aromatic carbocycles. The van der Waals surface area contributed by atoms with Gasteiger partial charge in [-0.15, -0.1) is 0 Å². The average molecular weight is 433 g/mol. The van der Waals surface area contributed by atoms with E-state index >= 15 is 0 Å². The third kappa shape index (κ3) is 4.38. The van der Waals surface area contributed by atoms with E-state index in [0.29, 0.717) is 34.8 Å². The zero-order valence-electron chi connectivity index (χ0n) is 18.2. The van der Waals surface area contributed by atoms with Crippen LogP contribution >= 0.6 is 0 Å². The van der Waals surface area contributed by atoms with Crippen molar-refractivity contribution < 1.29 is 14.2 Å². The molecule has 4 rings (SSSR count). The van der Waals surface area contributed by atoms with Gasteiger partial charge < -0.3 is 24.8 Å². The van der Waals surface area contributed by atoms with E-state index < -0.39 is 0 Å². The number of ether oxygens (including phenoxy) is 3. The van der Waals surface area contributed by atoms with Crippen LogP contribution in [-0.4, -0.2) is 46.1 Å². The van der Waals surface area contributed by atoms with E-state index in [1.54, 1.807) is 38.1 Å². The fourth-order valence-electron chi connectivity index (χ4n) is 3.15. The van der Waals surface area contributed by atoms with Gasteiger partial charge in [-0.05, 0) is 0 Å². The highest BCUT2D eigenvalue weighted by Gasteiger charge is 2.14. The first-order chi connectivity index (χ1) is 15.6. The first kappa shape index (κ1) is 20.9. The van der Waals surface area contributed by atoms with E-state index in [4.69, 9.17) is 14.2 Å². The Labute approximate surface area is 185 Å². The highest BCUT2D eigenvalue weighted by Crippen LogP contribution is 2.40. The molecule has 0 amide bonds. The first-order valence-corrected chi connectivity index (χ1v) is 9.74. The number of aromatic nitrogens is 5. The van der Waals surface area contributed by atoms with Crippen LogP contribution in [0.1, 0.15) is 0 Å². The molecule has 10 nitrogen and oxygen atoms in total. The smallest absolute Gasteiger partial charge is 0.233 e. The highest BCUT2D eigenvalue weighted by molar-refractivity contribution is 5.67. The van der Waals surface area contributed by atoms with Crippen molar-refractivity contribution in [1.29, 1.82) is 0 Å². The Hall–Kier alpha value is -4.34. The Morgan fingerprint density at radius 1 is 0.812 bits per heavy atom. The van der Waals surface area contributed by atoms with E-state index in [1.165, 1.54) is 6.33 Å². The van der Waals surface area contributed by atoms with Crippen molar-refractivity contribution in [3.05, 3.63) is 54.9 Å². The van der Waals surface area contributed by atoms with Crippen molar-refractivity contribution in [2.75, 3.05) is 32.0 Å². The summed E-state index contributed by atoms with van der Waals surface area (Å²) in [6, 6.07) is 15.4. The zero-order chi connectivity index (χ0) is 22.5. The van der Waals surface area contributed by atoms with Crippen molar-refractivity contribution in [2.45, 2.75) is 0 Å². The summed E-state index contributed by atoms with van der Waals surface area (Å²) in [6.07, 6.45) is 1.42. The Morgan fingerprint density at radius 2 is 1.47 bits per heavy atom. The summed E-state index contributed by atoms with van der Waals surface area (Å²) in [6.45, 7) is 0. The van der Waals surface area contributed by atoms with Crippen molar-refractivity contribution in [3.63, 3.8) is 0 Å². The number of aryl methyl sites for hydroxylation is 1. The number of nitrogens with one attached hydrogen (secondary N) is 2. The Kier molecular flexibility index (Phi) is 6.02. The lowest BCUT2D eigenvalue weighted by molar-refractivity contribution is 0.324. The van der Waals surface area contributed by atoms with E-state index in [1.807, 2.05) is 43.4 Å². The molecule has 4 aromatic rings. The lowest BCUT2D eigenvalue weighted by Crippen LogP contribution is -2.05. The van der Waals surface area contributed by atoms with E-state index in [0.717, 1.165) is 17.1 Å². The van der Waals surface area contributed by atoms with Gasteiger partial charge in [0.25, 0.3) is 0 Å². The second-order valence-electron chi connectivity index (χ2n) is 6.70. The second-order valence-corrected chi connectivity index (χ2v) is 6.70. The van der Waals surface area contributed by atoms with Crippen LogP contribution in [0, 0.1) is 0 Å². The largest absolute Gasteiger partial charge is 0.493 e. The number of anilines is 4. The van der Waals surface area contributed by atoms with Gasteiger partial charge in [0.2, 0.25) is 17.6 Å². The van der Waals surface area contributed by atoms with Crippen LogP contribution in [0.25, 0.3) is 11.3 Å². The van der Waals surface area contributed by atoms with Crippen LogP contribution < -0.4 is 24.8 Å². The average Bonchev–Trinajstić information content (AvgIpc) is 3.19. The Morgan fingerprint density at radius 3 is 2.09 bits per heavy atom. The van der Waals surface area contributed by atoms with Crippen LogP contribution in [-0.2, 0) is 7.05 Å². The van der Waals surface area contributed by atoms with Crippen molar-refractivity contribution in [2.24, 2.45) is 7.05 Å². The molecule has 0 aliphatic heterocycles. The normalized spacial score (nSPS) is 10.5. The molecule has 0 saturated heterocycles. The van der Waals surface area contributed by atoms with Gasteiger partial charge in [0, 0.05) is 36.5 Å². The third-order valence-corrected chi connectivity index (χ3v) is 4.68. The summed E-state index contributed by atoms with van der Waals surface area (Å²) in [7, 11) is 6.53. The Balaban J connectivity index is 1.56. The number of nitrogens with zero attached hydrogens (tertiary/aromatic N) is 5. The first-order valence-electron chi connectivity index (χ1n) is 9.74. The van der Waals surface area contributed by atoms with E-state index in [2.05, 4.69) is 30.7 Å². The number of benzene rings is 2. The summed E-state index contributed by atoms with van der Waals surface area (Å²) < 4.78 is 17.9. The summed E-state index contributed by atoms with van der Waals surface area (Å²) in [4.78, 5) is 12.8. The zero-order valence-corrected chi connectivity index (χ0v) is 18.2. The van der Waals surface area contributed by atoms with Gasteiger partial charge in [-0.25, -0.2) is 9.97 Å². The maximum absolute atomic E-state index is 5.39. The van der Waals surface area contributed by atoms with Crippen molar-refractivity contribution in [3.8, 4) is 28.5 Å². The van der Waals surface area contributed by atoms with E-state index in [-0.39, 0.29) is 0 Å². The summed E-state index contributed by atoms with van der Waals surface area (Å²) in [5.74, 6) is 3.01. The molecule has 0 spiro atoms. The maximum atomic E-state index is 5.39. The van der Waals surface area contributed by atoms with Gasteiger partial charge in [0.1, 0.15) is 12.1 Å². The number of rotatable bonds is 8. The monoisotopic (exact) mass is 433 g/mol. The predicted octanol–water partition coefficient (Wildman–Crippen LogP) is 3.79. The van der Waals surface area contributed by atoms with Gasteiger partial charge in [0.05, 0.1) is 27.0 Å². The molecule has 0 radical (unpaired) electrons. The van der Waals surface area contributed by atoms with Gasteiger partial charge in [-0.3, -0.25) is 4.68 Å². The maximum Gasteiger partial charge on any atom is 0.233 e. The summed E-state index contributed by atoms with van der Waals surface area (Å²) >= 11 is 0. The minimum Gasteiger partial charge on any atom is -0.493 e. The lowest BCUT2D eigenvalue weighted by atomic mass is 10.2. The third-order valence-electron chi connectivity index (χ3n) is 4.68. The van der Waals surface area contributed by atoms with Crippen LogP contribution in [0.15, 0.2) is 54.9 Å². The molecule has 0 unspecified atom stereocenters. The molecule has 32 heavy (non-hydrogen) atoms. The molecule has 10 heteroatoms. The standard InChI is InChI=1S/C22H23N7O3/c1-29-19(12-16(28-29)14-8-6-5-7-9-14)26-22-24-13-23-21(27-22)25-15-10-17(30-2)20(32-4)18(11-15)31-3/h5-13H,1-4H3,(H2,23,24,25,26,27). The van der Waals surface area contributed by atoms with Crippen LogP contribution in [0.4, 0.5) is 23.4 Å². The molecule has 0 aliphatic carbocycles. The molecule has 2 aromatic heterocycles. The SMILES string of the molecule is COc1cc(Nc2ncnc(Nc3cc(-c4ccccc4)nn3C)n2)cc(OC)c1OC. The molecule has 0 saturated carbocycles. The molecule has 0 atom stereocenters. The minimum atomic E-state index is 0.349. The number of methoxy groups -OCH3 is 3. The lowest BCUT2D eigenvalue weighted by Gasteiger charge is -2.14. The minimum absolute atomic E-state index is 0.349. The summed E-state index contributed by atoms with van der Waals surface area (Å²) in [5.41, 5.74) is 2.54. The fourth-order valence-corrected chi connectivity index (χ4v) is 3.15.